The van der Waals surface area contributed by atoms with E-state index in [2.05, 4.69) is 37.1 Å². The second-order valence-electron chi connectivity index (χ2n) is 6.16. The van der Waals surface area contributed by atoms with Crippen LogP contribution in [0.3, 0.4) is 0 Å². The molecule has 0 aliphatic heterocycles. The van der Waals surface area contributed by atoms with E-state index >= 15 is 0 Å². The van der Waals surface area contributed by atoms with Gasteiger partial charge < -0.3 is 10.2 Å². The van der Waals surface area contributed by atoms with Gasteiger partial charge in [0, 0.05) is 31.0 Å². The number of anilines is 2. The van der Waals surface area contributed by atoms with Gasteiger partial charge in [0.15, 0.2) is 0 Å². The predicted octanol–water partition coefficient (Wildman–Crippen LogP) is 3.88. The van der Waals surface area contributed by atoms with Crippen molar-refractivity contribution >= 4 is 11.5 Å². The van der Waals surface area contributed by atoms with E-state index in [0.29, 0.717) is 0 Å². The third kappa shape index (κ3) is 4.53. The van der Waals surface area contributed by atoms with E-state index in [1.807, 2.05) is 24.2 Å². The van der Waals surface area contributed by atoms with Crippen LogP contribution in [0.15, 0.2) is 42.6 Å². The van der Waals surface area contributed by atoms with E-state index in [0.717, 1.165) is 23.6 Å². The summed E-state index contributed by atoms with van der Waals surface area (Å²) in [5, 5.41) is 3.43. The number of nitrogens with zero attached hydrogens (tertiary/aromatic N) is 2. The van der Waals surface area contributed by atoms with E-state index in [1.165, 1.54) is 12.1 Å². The third-order valence-electron chi connectivity index (χ3n) is 3.19. The molecule has 0 unspecified atom stereocenters. The molecular weight excluding hydrogens is 265 g/mol. The monoisotopic (exact) mass is 287 g/mol. The molecule has 0 bridgehead atoms. The number of pyridine rings is 1. The molecule has 0 atom stereocenters. The molecular formula is C17H22FN3. The first kappa shape index (κ1) is 15.4. The summed E-state index contributed by atoms with van der Waals surface area (Å²) in [6.07, 6.45) is 1.87. The van der Waals surface area contributed by atoms with Crippen molar-refractivity contribution in [3.63, 3.8) is 0 Å². The van der Waals surface area contributed by atoms with E-state index in [9.17, 15) is 4.39 Å². The Bertz CT molecular complexity index is 570. The smallest absolute Gasteiger partial charge is 0.132 e. The number of hydrogen-bond donors (Lipinski definition) is 1. The first-order valence-corrected chi connectivity index (χ1v) is 7.04. The van der Waals surface area contributed by atoms with Gasteiger partial charge in [-0.25, -0.2) is 9.37 Å². The summed E-state index contributed by atoms with van der Waals surface area (Å²) < 4.78 is 12.9. The maximum Gasteiger partial charge on any atom is 0.132 e. The molecule has 1 aromatic carbocycles. The SMILES string of the molecule is CN(c1ccc(F)cc1)c1ccc(CNC(C)(C)C)cn1. The molecule has 3 nitrogen and oxygen atoms in total. The van der Waals surface area contributed by atoms with Gasteiger partial charge in [-0.15, -0.1) is 0 Å². The third-order valence-corrected chi connectivity index (χ3v) is 3.19. The van der Waals surface area contributed by atoms with Crippen LogP contribution in [0.5, 0.6) is 0 Å². The van der Waals surface area contributed by atoms with Crippen LogP contribution in [0.4, 0.5) is 15.9 Å². The Morgan fingerprint density at radius 1 is 1.10 bits per heavy atom. The molecule has 0 saturated heterocycles. The van der Waals surface area contributed by atoms with Gasteiger partial charge in [-0.2, -0.15) is 0 Å². The van der Waals surface area contributed by atoms with E-state index in [4.69, 9.17) is 0 Å². The van der Waals surface area contributed by atoms with Crippen LogP contribution in [-0.4, -0.2) is 17.6 Å². The van der Waals surface area contributed by atoms with Crippen LogP contribution in [0.1, 0.15) is 26.3 Å². The topological polar surface area (TPSA) is 28.2 Å². The zero-order chi connectivity index (χ0) is 15.5. The fourth-order valence-electron chi connectivity index (χ4n) is 1.88. The lowest BCUT2D eigenvalue weighted by Crippen LogP contribution is -2.35. The van der Waals surface area contributed by atoms with Gasteiger partial charge in [0.2, 0.25) is 0 Å². The Balaban J connectivity index is 2.06. The molecule has 0 amide bonds. The Morgan fingerprint density at radius 3 is 2.29 bits per heavy atom. The molecule has 0 aliphatic carbocycles. The van der Waals surface area contributed by atoms with Crippen LogP contribution in [-0.2, 0) is 6.54 Å². The molecule has 1 N–H and O–H groups in total. The second-order valence-corrected chi connectivity index (χ2v) is 6.16. The van der Waals surface area contributed by atoms with E-state index < -0.39 is 0 Å². The van der Waals surface area contributed by atoms with E-state index in [-0.39, 0.29) is 11.4 Å². The lowest BCUT2D eigenvalue weighted by atomic mass is 10.1. The molecule has 0 fully saturated rings. The van der Waals surface area contributed by atoms with Crippen molar-refractivity contribution in [2.24, 2.45) is 0 Å². The van der Waals surface area contributed by atoms with Gasteiger partial charge in [-0.1, -0.05) is 6.07 Å². The summed E-state index contributed by atoms with van der Waals surface area (Å²) >= 11 is 0. The summed E-state index contributed by atoms with van der Waals surface area (Å²) in [7, 11) is 1.92. The lowest BCUT2D eigenvalue weighted by molar-refractivity contribution is 0.424. The molecule has 0 aliphatic rings. The zero-order valence-electron chi connectivity index (χ0n) is 13.0. The highest BCUT2D eigenvalue weighted by atomic mass is 19.1. The highest BCUT2D eigenvalue weighted by Crippen LogP contribution is 2.21. The highest BCUT2D eigenvalue weighted by molar-refractivity contribution is 5.58. The first-order chi connectivity index (χ1) is 9.85. The minimum Gasteiger partial charge on any atom is -0.329 e. The van der Waals surface area contributed by atoms with Crippen molar-refractivity contribution in [1.82, 2.24) is 10.3 Å². The van der Waals surface area contributed by atoms with Crippen LogP contribution >= 0.6 is 0 Å². The summed E-state index contributed by atoms with van der Waals surface area (Å²) in [4.78, 5) is 6.40. The molecule has 1 aromatic heterocycles. The Labute approximate surface area is 125 Å². The number of aromatic nitrogens is 1. The number of rotatable bonds is 4. The highest BCUT2D eigenvalue weighted by Gasteiger charge is 2.09. The largest absolute Gasteiger partial charge is 0.329 e. The molecule has 4 heteroatoms. The molecule has 21 heavy (non-hydrogen) atoms. The van der Waals surface area contributed by atoms with Crippen LogP contribution in [0.2, 0.25) is 0 Å². The van der Waals surface area contributed by atoms with Gasteiger partial charge in [0.1, 0.15) is 11.6 Å². The van der Waals surface area contributed by atoms with Crippen molar-refractivity contribution in [2.75, 3.05) is 11.9 Å². The summed E-state index contributed by atoms with van der Waals surface area (Å²) in [6, 6.07) is 10.4. The maximum atomic E-state index is 12.9. The first-order valence-electron chi connectivity index (χ1n) is 7.04. The van der Waals surface area contributed by atoms with Crippen molar-refractivity contribution in [3.05, 3.63) is 54.0 Å². The lowest BCUT2D eigenvalue weighted by Gasteiger charge is -2.21. The average molecular weight is 287 g/mol. The number of nitrogens with one attached hydrogen (secondary N) is 1. The molecule has 0 radical (unpaired) electrons. The summed E-state index contributed by atoms with van der Waals surface area (Å²) in [5.41, 5.74) is 2.13. The van der Waals surface area contributed by atoms with Gasteiger partial charge in [0.25, 0.3) is 0 Å². The Kier molecular flexibility index (Phi) is 4.58. The summed E-state index contributed by atoms with van der Waals surface area (Å²) in [6.45, 7) is 7.20. The molecule has 112 valence electrons. The standard InChI is InChI=1S/C17H22FN3/c1-17(2,3)20-12-13-5-10-16(19-11-13)21(4)15-8-6-14(18)7-9-15/h5-11,20H,12H2,1-4H3. The Hall–Kier alpha value is -1.94. The van der Waals surface area contributed by atoms with Gasteiger partial charge >= 0.3 is 0 Å². The van der Waals surface area contributed by atoms with E-state index in [1.54, 1.807) is 12.1 Å². The minimum absolute atomic E-state index is 0.0869. The molecule has 2 rings (SSSR count). The normalized spacial score (nSPS) is 11.5. The minimum atomic E-state index is -0.233. The quantitative estimate of drug-likeness (QED) is 0.925. The fourth-order valence-corrected chi connectivity index (χ4v) is 1.88. The van der Waals surface area contributed by atoms with Crippen molar-refractivity contribution in [2.45, 2.75) is 32.9 Å². The van der Waals surface area contributed by atoms with Gasteiger partial charge in [0.05, 0.1) is 0 Å². The maximum absolute atomic E-state index is 12.9. The zero-order valence-corrected chi connectivity index (χ0v) is 13.0. The molecule has 0 spiro atoms. The van der Waals surface area contributed by atoms with Gasteiger partial charge in [-0.05, 0) is 56.7 Å². The number of benzene rings is 1. The number of hydrogen-bond acceptors (Lipinski definition) is 3. The molecule has 2 aromatic rings. The van der Waals surface area contributed by atoms with Crippen LogP contribution < -0.4 is 10.2 Å². The second kappa shape index (κ2) is 6.22. The molecule has 0 saturated carbocycles. The number of halogens is 1. The Morgan fingerprint density at radius 2 is 1.76 bits per heavy atom. The fraction of sp³-hybridized carbons (Fsp3) is 0.353. The predicted molar refractivity (Wildman–Crippen MR) is 85.3 cm³/mol. The van der Waals surface area contributed by atoms with Gasteiger partial charge in [-0.3, -0.25) is 0 Å². The average Bonchev–Trinajstić information content (AvgIpc) is 2.45. The van der Waals surface area contributed by atoms with Crippen molar-refractivity contribution < 1.29 is 4.39 Å². The summed E-state index contributed by atoms with van der Waals surface area (Å²) in [5.74, 6) is 0.602. The van der Waals surface area contributed by atoms with Crippen molar-refractivity contribution in [1.29, 1.82) is 0 Å². The van der Waals surface area contributed by atoms with Crippen LogP contribution in [0, 0.1) is 5.82 Å². The van der Waals surface area contributed by atoms with Crippen molar-refractivity contribution in [3.8, 4) is 0 Å². The van der Waals surface area contributed by atoms with Crippen LogP contribution in [0.25, 0.3) is 0 Å². The molecule has 1 heterocycles.